The van der Waals surface area contributed by atoms with Crippen LogP contribution < -0.4 is 0 Å². The second-order valence-electron chi connectivity index (χ2n) is 4.51. The molecule has 0 amide bonds. The first kappa shape index (κ1) is 10.2. The summed E-state index contributed by atoms with van der Waals surface area (Å²) >= 11 is 0. The van der Waals surface area contributed by atoms with E-state index in [2.05, 4.69) is 6.92 Å². The topological polar surface area (TPSA) is 57.5 Å². The van der Waals surface area contributed by atoms with Crippen molar-refractivity contribution in [1.82, 2.24) is 0 Å². The molecular formula is C12H14O3. The highest BCUT2D eigenvalue weighted by atomic mass is 16.4. The molecule has 2 rings (SSSR count). The van der Waals surface area contributed by atoms with Crippen molar-refractivity contribution >= 4 is 5.97 Å². The van der Waals surface area contributed by atoms with Crippen LogP contribution in [0.4, 0.5) is 0 Å². The molecule has 3 heteroatoms. The molecule has 0 saturated heterocycles. The van der Waals surface area contributed by atoms with E-state index in [0.29, 0.717) is 5.56 Å². The van der Waals surface area contributed by atoms with Crippen LogP contribution in [0, 0.1) is 0 Å². The van der Waals surface area contributed by atoms with Gasteiger partial charge in [0.15, 0.2) is 0 Å². The van der Waals surface area contributed by atoms with Gasteiger partial charge in [0.25, 0.3) is 0 Å². The third kappa shape index (κ3) is 1.75. The zero-order chi connectivity index (χ0) is 11.1. The zero-order valence-corrected chi connectivity index (χ0v) is 8.60. The monoisotopic (exact) mass is 206 g/mol. The van der Waals surface area contributed by atoms with Gasteiger partial charge in [0.2, 0.25) is 0 Å². The van der Waals surface area contributed by atoms with Gasteiger partial charge in [-0.1, -0.05) is 19.1 Å². The fraction of sp³-hybridized carbons (Fsp3) is 0.417. The number of carboxylic acids is 1. The lowest BCUT2D eigenvalue weighted by atomic mass is 9.64. The Balaban J connectivity index is 2.29. The van der Waals surface area contributed by atoms with E-state index >= 15 is 0 Å². The maximum Gasteiger partial charge on any atom is 0.335 e. The summed E-state index contributed by atoms with van der Waals surface area (Å²) < 4.78 is 0. The van der Waals surface area contributed by atoms with E-state index in [-0.39, 0.29) is 11.5 Å². The molecule has 0 heterocycles. The first-order valence-corrected chi connectivity index (χ1v) is 5.03. The second kappa shape index (κ2) is 3.35. The molecule has 2 N–H and O–H groups in total. The summed E-state index contributed by atoms with van der Waals surface area (Å²) in [6.45, 7) is 2.06. The number of aliphatic hydroxyl groups is 1. The number of rotatable bonds is 2. The lowest BCUT2D eigenvalue weighted by Gasteiger charge is -2.43. The highest BCUT2D eigenvalue weighted by Crippen LogP contribution is 2.43. The first-order valence-electron chi connectivity index (χ1n) is 5.03. The molecule has 80 valence electrons. The Labute approximate surface area is 88.4 Å². The molecule has 1 fully saturated rings. The molecule has 0 atom stereocenters. The molecule has 0 bridgehead atoms. The zero-order valence-electron chi connectivity index (χ0n) is 8.60. The molecule has 1 aliphatic carbocycles. The van der Waals surface area contributed by atoms with E-state index in [1.807, 2.05) is 6.07 Å². The van der Waals surface area contributed by atoms with Gasteiger partial charge in [-0.3, -0.25) is 0 Å². The fourth-order valence-electron chi connectivity index (χ4n) is 2.24. The van der Waals surface area contributed by atoms with Crippen molar-refractivity contribution in [2.75, 3.05) is 0 Å². The van der Waals surface area contributed by atoms with Crippen molar-refractivity contribution < 1.29 is 15.0 Å². The van der Waals surface area contributed by atoms with Crippen LogP contribution in [0.2, 0.25) is 0 Å². The fourth-order valence-corrected chi connectivity index (χ4v) is 2.24. The number of hydrogen-bond acceptors (Lipinski definition) is 2. The Morgan fingerprint density at radius 1 is 1.47 bits per heavy atom. The molecule has 0 aromatic heterocycles. The molecule has 15 heavy (non-hydrogen) atoms. The SMILES string of the molecule is CC1(c2cccc(C(=O)O)c2)CC(O)C1. The summed E-state index contributed by atoms with van der Waals surface area (Å²) in [5.41, 5.74) is 1.27. The Hall–Kier alpha value is -1.35. The van der Waals surface area contributed by atoms with Crippen molar-refractivity contribution in [2.24, 2.45) is 0 Å². The predicted octanol–water partition coefficient (Wildman–Crippen LogP) is 1.80. The maximum atomic E-state index is 10.8. The molecular weight excluding hydrogens is 192 g/mol. The molecule has 0 unspecified atom stereocenters. The van der Waals surface area contributed by atoms with E-state index in [4.69, 9.17) is 5.11 Å². The molecule has 1 aromatic rings. The molecule has 0 spiro atoms. The Bertz CT molecular complexity index is 392. The average Bonchev–Trinajstić information content (AvgIpc) is 2.16. The number of benzene rings is 1. The van der Waals surface area contributed by atoms with E-state index in [1.165, 1.54) is 0 Å². The van der Waals surface area contributed by atoms with Gasteiger partial charge in [-0.25, -0.2) is 4.79 Å². The molecule has 3 nitrogen and oxygen atoms in total. The highest BCUT2D eigenvalue weighted by molar-refractivity contribution is 5.87. The summed E-state index contributed by atoms with van der Waals surface area (Å²) in [6, 6.07) is 6.98. The minimum absolute atomic E-state index is 0.0507. The van der Waals surface area contributed by atoms with Crippen molar-refractivity contribution in [2.45, 2.75) is 31.3 Å². The van der Waals surface area contributed by atoms with Crippen LogP contribution in [0.5, 0.6) is 0 Å². The largest absolute Gasteiger partial charge is 0.478 e. The van der Waals surface area contributed by atoms with E-state index < -0.39 is 5.97 Å². The number of carbonyl (C=O) groups is 1. The second-order valence-corrected chi connectivity index (χ2v) is 4.51. The minimum atomic E-state index is -0.902. The highest BCUT2D eigenvalue weighted by Gasteiger charge is 2.40. The molecule has 1 aliphatic rings. The third-order valence-corrected chi connectivity index (χ3v) is 3.18. The van der Waals surface area contributed by atoms with Crippen molar-refractivity contribution in [3.05, 3.63) is 35.4 Å². The van der Waals surface area contributed by atoms with Crippen molar-refractivity contribution in [3.63, 3.8) is 0 Å². The standard InChI is InChI=1S/C12H14O3/c1-12(6-10(13)7-12)9-4-2-3-8(5-9)11(14)15/h2-5,10,13H,6-7H2,1H3,(H,14,15). The van der Waals surface area contributed by atoms with E-state index in [0.717, 1.165) is 18.4 Å². The number of aromatic carboxylic acids is 1. The minimum Gasteiger partial charge on any atom is -0.478 e. The van der Waals surface area contributed by atoms with Crippen LogP contribution in [0.15, 0.2) is 24.3 Å². The molecule has 0 aliphatic heterocycles. The molecule has 1 aromatic carbocycles. The van der Waals surface area contributed by atoms with Crippen LogP contribution >= 0.6 is 0 Å². The Kier molecular flexibility index (Phi) is 2.27. The lowest BCUT2D eigenvalue weighted by Crippen LogP contribution is -2.42. The van der Waals surface area contributed by atoms with Gasteiger partial charge in [-0.15, -0.1) is 0 Å². The van der Waals surface area contributed by atoms with Crippen LogP contribution in [0.25, 0.3) is 0 Å². The normalized spacial score (nSPS) is 29.6. The maximum absolute atomic E-state index is 10.8. The smallest absolute Gasteiger partial charge is 0.335 e. The van der Waals surface area contributed by atoms with Crippen molar-refractivity contribution in [3.8, 4) is 0 Å². The van der Waals surface area contributed by atoms with Gasteiger partial charge >= 0.3 is 5.97 Å². The van der Waals surface area contributed by atoms with Gasteiger partial charge in [0.1, 0.15) is 0 Å². The summed E-state index contributed by atoms with van der Waals surface area (Å²) in [5, 5.41) is 18.2. The Morgan fingerprint density at radius 2 is 2.13 bits per heavy atom. The first-order chi connectivity index (χ1) is 7.01. The number of aliphatic hydroxyl groups excluding tert-OH is 1. The van der Waals surface area contributed by atoms with Gasteiger partial charge in [-0.05, 0) is 36.0 Å². The van der Waals surface area contributed by atoms with Crippen molar-refractivity contribution in [1.29, 1.82) is 0 Å². The van der Waals surface area contributed by atoms with Crippen LogP contribution in [-0.2, 0) is 5.41 Å². The van der Waals surface area contributed by atoms with E-state index in [9.17, 15) is 9.90 Å². The number of carboxylic acid groups (broad SMARTS) is 1. The van der Waals surface area contributed by atoms with Gasteiger partial charge in [0, 0.05) is 0 Å². The third-order valence-electron chi connectivity index (χ3n) is 3.18. The Morgan fingerprint density at radius 3 is 2.67 bits per heavy atom. The van der Waals surface area contributed by atoms with Crippen LogP contribution in [0.3, 0.4) is 0 Å². The summed E-state index contributed by atoms with van der Waals surface area (Å²) in [7, 11) is 0. The molecule has 1 saturated carbocycles. The predicted molar refractivity (Wildman–Crippen MR) is 56.0 cm³/mol. The quantitative estimate of drug-likeness (QED) is 0.775. The van der Waals surface area contributed by atoms with Gasteiger partial charge < -0.3 is 10.2 Å². The van der Waals surface area contributed by atoms with Gasteiger partial charge in [-0.2, -0.15) is 0 Å². The van der Waals surface area contributed by atoms with Gasteiger partial charge in [0.05, 0.1) is 11.7 Å². The summed E-state index contributed by atoms with van der Waals surface area (Å²) in [5.74, 6) is -0.902. The van der Waals surface area contributed by atoms with Crippen LogP contribution in [0.1, 0.15) is 35.7 Å². The molecule has 0 radical (unpaired) electrons. The average molecular weight is 206 g/mol. The summed E-state index contributed by atoms with van der Waals surface area (Å²) in [6.07, 6.45) is 1.20. The summed E-state index contributed by atoms with van der Waals surface area (Å²) in [4.78, 5) is 10.8. The lowest BCUT2D eigenvalue weighted by molar-refractivity contribution is 0.0272. The van der Waals surface area contributed by atoms with Crippen LogP contribution in [-0.4, -0.2) is 22.3 Å². The number of hydrogen-bond donors (Lipinski definition) is 2. The van der Waals surface area contributed by atoms with E-state index in [1.54, 1.807) is 18.2 Å².